The summed E-state index contributed by atoms with van der Waals surface area (Å²) >= 11 is 0. The summed E-state index contributed by atoms with van der Waals surface area (Å²) in [4.78, 5) is 4.83. The van der Waals surface area contributed by atoms with E-state index < -0.39 is 0 Å². The molecule has 6 rings (SSSR count). The van der Waals surface area contributed by atoms with Gasteiger partial charge in [0.25, 0.3) is 0 Å². The fraction of sp³-hybridized carbons (Fsp3) is 0.435. The van der Waals surface area contributed by atoms with Crippen molar-refractivity contribution in [2.45, 2.75) is 76.8 Å². The van der Waals surface area contributed by atoms with Gasteiger partial charge in [0.1, 0.15) is 0 Å². The molecule has 4 aromatic rings. The first kappa shape index (κ1) is 45.3. The van der Waals surface area contributed by atoms with Crippen LogP contribution in [-0.4, -0.2) is 61.4 Å². The molecular weight excluding hydrogens is 698 g/mol. The number of rotatable bonds is 10. The quantitative estimate of drug-likeness (QED) is 0.0902. The molecule has 6 unspecified atom stereocenters. The molecule has 0 aromatic heterocycles. The van der Waals surface area contributed by atoms with Crippen molar-refractivity contribution in [1.82, 2.24) is 9.80 Å². The number of nitrogens with zero attached hydrogens (tertiary/aromatic N) is 2. The predicted molar refractivity (Wildman–Crippen MR) is 229 cm³/mol. The Labute approximate surface area is 327 Å². The Morgan fingerprint density at radius 1 is 0.451 bits per heavy atom. The fourth-order valence-corrected chi connectivity index (χ4v) is 15.3. The molecule has 8 atom stereocenters. The molecule has 0 bridgehead atoms. The van der Waals surface area contributed by atoms with Gasteiger partial charge in [-0.3, -0.25) is 0 Å². The summed E-state index contributed by atoms with van der Waals surface area (Å²) < 4.78 is 0. The molecule has 5 heteroatoms. The molecule has 2 nitrogen and oxygen atoms in total. The first-order valence-corrected chi connectivity index (χ1v) is 21.1. The van der Waals surface area contributed by atoms with Gasteiger partial charge in [-0.2, -0.15) is 0 Å². The molecule has 2 aliphatic rings. The van der Waals surface area contributed by atoms with Gasteiger partial charge in [-0.15, -0.1) is 0 Å². The third kappa shape index (κ3) is 11.1. The van der Waals surface area contributed by atoms with Crippen LogP contribution in [-0.2, 0) is 17.1 Å². The monoisotopic (exact) mass is 764 g/mol. The van der Waals surface area contributed by atoms with Crippen LogP contribution in [0.5, 0.6) is 0 Å². The largest absolute Gasteiger partial charge is 2.00 e. The minimum atomic E-state index is -0.315. The molecule has 0 spiro atoms. The van der Waals surface area contributed by atoms with E-state index in [1.807, 2.05) is 0 Å². The number of benzene rings is 4. The van der Waals surface area contributed by atoms with Crippen LogP contribution in [0.1, 0.15) is 53.4 Å². The summed E-state index contributed by atoms with van der Waals surface area (Å²) in [5, 5.41) is 6.14. The molecule has 2 saturated carbocycles. The molecular formula is C46H66FeN2P2. The van der Waals surface area contributed by atoms with Crippen molar-refractivity contribution in [2.24, 2.45) is 23.7 Å². The first-order valence-electron chi connectivity index (χ1n) is 18.3. The van der Waals surface area contributed by atoms with Gasteiger partial charge in [-0.05, 0) is 140 Å². The Bertz CT molecular complexity index is 1290. The van der Waals surface area contributed by atoms with E-state index >= 15 is 0 Å². The van der Waals surface area contributed by atoms with Gasteiger partial charge in [0.2, 0.25) is 0 Å². The molecule has 0 aliphatic heterocycles. The molecule has 0 saturated heterocycles. The molecule has 2 aliphatic carbocycles. The third-order valence-corrected chi connectivity index (χ3v) is 18.0. The zero-order valence-corrected chi connectivity index (χ0v) is 36.0. The van der Waals surface area contributed by atoms with Crippen LogP contribution in [0, 0.1) is 38.5 Å². The maximum absolute atomic E-state index is 2.48. The van der Waals surface area contributed by atoms with Crippen LogP contribution >= 0.6 is 15.8 Å². The van der Waals surface area contributed by atoms with E-state index in [1.54, 1.807) is 0 Å². The second-order valence-electron chi connectivity index (χ2n) is 14.9. The van der Waals surface area contributed by atoms with Crippen molar-refractivity contribution in [3.05, 3.63) is 136 Å². The van der Waals surface area contributed by atoms with Crippen molar-refractivity contribution in [3.63, 3.8) is 0 Å². The van der Waals surface area contributed by atoms with E-state index in [0.29, 0.717) is 12.1 Å². The molecule has 0 heterocycles. The van der Waals surface area contributed by atoms with Crippen LogP contribution in [0.15, 0.2) is 121 Å². The molecule has 51 heavy (non-hydrogen) atoms. The van der Waals surface area contributed by atoms with Gasteiger partial charge in [0.15, 0.2) is 0 Å². The standard InChI is InChI=1S/2C22H30NP.2CH3.Fe/c2*1-17-15-16-21(18(2)23(3)4)22(17)24(19-11-7-5-8-12-19)20-13-9-6-10-14-20;;;/h2*5-14,17-18,21-22H,15-16H2,1-4H3;2*1H3;/q;;2*-1;+2/t2*17?,18-,21?,22?;;;/m00.../s1. The molecule has 278 valence electrons. The predicted octanol–water partition coefficient (Wildman–Crippen LogP) is 9.87. The smallest absolute Gasteiger partial charge is 0.358 e. The zero-order valence-electron chi connectivity index (χ0n) is 33.1. The van der Waals surface area contributed by atoms with Crippen LogP contribution < -0.4 is 21.2 Å². The minimum Gasteiger partial charge on any atom is -0.358 e. The molecule has 0 amide bonds. The summed E-state index contributed by atoms with van der Waals surface area (Å²) in [5.41, 5.74) is 1.53. The van der Waals surface area contributed by atoms with Crippen molar-refractivity contribution in [2.75, 3.05) is 28.2 Å². The molecule has 0 radical (unpaired) electrons. The zero-order chi connectivity index (χ0) is 34.2. The summed E-state index contributed by atoms with van der Waals surface area (Å²) in [6, 6.07) is 46.3. The summed E-state index contributed by atoms with van der Waals surface area (Å²) in [6.45, 7) is 9.79. The van der Waals surface area contributed by atoms with Gasteiger partial charge in [0.05, 0.1) is 0 Å². The van der Waals surface area contributed by atoms with Crippen LogP contribution in [0.2, 0.25) is 0 Å². The van der Waals surface area contributed by atoms with Crippen molar-refractivity contribution >= 4 is 37.1 Å². The summed E-state index contributed by atoms with van der Waals surface area (Å²) in [7, 11) is 8.31. The van der Waals surface area contributed by atoms with Crippen molar-refractivity contribution in [3.8, 4) is 0 Å². The van der Waals surface area contributed by atoms with Gasteiger partial charge in [-0.25, -0.2) is 0 Å². The second kappa shape index (κ2) is 21.8. The Hall–Kier alpha value is -1.82. The van der Waals surface area contributed by atoms with E-state index in [-0.39, 0.29) is 47.8 Å². The van der Waals surface area contributed by atoms with Crippen LogP contribution in [0.25, 0.3) is 0 Å². The van der Waals surface area contributed by atoms with Gasteiger partial charge in [0, 0.05) is 12.1 Å². The molecule has 2 fully saturated rings. The number of hydrogen-bond donors (Lipinski definition) is 0. The summed E-state index contributed by atoms with van der Waals surface area (Å²) in [5.74, 6) is 3.15. The van der Waals surface area contributed by atoms with Crippen molar-refractivity contribution in [1.29, 1.82) is 0 Å². The summed E-state index contributed by atoms with van der Waals surface area (Å²) in [6.07, 6.45) is 5.46. The Morgan fingerprint density at radius 2 is 0.686 bits per heavy atom. The van der Waals surface area contributed by atoms with Gasteiger partial charge in [-0.1, -0.05) is 135 Å². The average molecular weight is 765 g/mol. The SMILES string of the molecule is CC1CCC([C@H](C)N(C)C)C1P(c1ccccc1)c1ccccc1.CC1CCC([C@H](C)N(C)C)C1P(c1ccccc1)c1ccccc1.[CH3-].[CH3-].[Fe+2]. The topological polar surface area (TPSA) is 6.48 Å². The van der Waals surface area contributed by atoms with E-state index in [1.165, 1.54) is 46.9 Å². The van der Waals surface area contributed by atoms with Gasteiger partial charge < -0.3 is 24.7 Å². The molecule has 4 aromatic carbocycles. The van der Waals surface area contributed by atoms with E-state index in [4.69, 9.17) is 0 Å². The maximum Gasteiger partial charge on any atom is 2.00 e. The second-order valence-corrected chi connectivity index (χ2v) is 19.6. The van der Waals surface area contributed by atoms with Crippen molar-refractivity contribution < 1.29 is 17.1 Å². The third-order valence-electron chi connectivity index (χ3n) is 11.6. The Morgan fingerprint density at radius 3 is 0.902 bits per heavy atom. The van der Waals surface area contributed by atoms with Crippen LogP contribution in [0.3, 0.4) is 0 Å². The number of hydrogen-bond acceptors (Lipinski definition) is 2. The maximum atomic E-state index is 2.48. The minimum absolute atomic E-state index is 0. The Balaban J connectivity index is 0.000000334. The van der Waals surface area contributed by atoms with Crippen LogP contribution in [0.4, 0.5) is 0 Å². The molecule has 0 N–H and O–H groups in total. The van der Waals surface area contributed by atoms with Gasteiger partial charge >= 0.3 is 17.1 Å². The Kier molecular flexibility index (Phi) is 19.4. The first-order chi connectivity index (χ1) is 23.2. The van der Waals surface area contributed by atoms with E-state index in [2.05, 4.69) is 187 Å². The fourth-order valence-electron chi connectivity index (χ4n) is 8.49. The average Bonchev–Trinajstić information content (AvgIpc) is 3.68. The van der Waals surface area contributed by atoms with E-state index in [0.717, 1.165) is 35.0 Å². The van der Waals surface area contributed by atoms with E-state index in [9.17, 15) is 0 Å². The normalized spacial score (nSPS) is 23.8.